The fraction of sp³-hybridized carbons (Fsp3) is 0.286. The van der Waals surface area contributed by atoms with Crippen molar-refractivity contribution in [1.82, 2.24) is 0 Å². The second kappa shape index (κ2) is 5.67. The standard InChI is InChI=1S/C14H13FN2O6/c1-7-4-5-9(17(20)21)11(10(7)15)16-6-8-12(18)22-14(2,3)23-13(8)19/h4-6,16H,1-3H3. The van der Waals surface area contributed by atoms with Crippen molar-refractivity contribution in [2.45, 2.75) is 26.6 Å². The van der Waals surface area contributed by atoms with Crippen LogP contribution in [0.1, 0.15) is 19.4 Å². The molecule has 1 N–H and O–H groups in total. The minimum absolute atomic E-state index is 0.159. The molecule has 1 aliphatic rings. The zero-order chi connectivity index (χ0) is 17.4. The lowest BCUT2D eigenvalue weighted by atomic mass is 10.1. The van der Waals surface area contributed by atoms with E-state index in [1.165, 1.54) is 26.8 Å². The van der Waals surface area contributed by atoms with E-state index in [2.05, 4.69) is 5.32 Å². The fourth-order valence-corrected chi connectivity index (χ4v) is 1.88. The monoisotopic (exact) mass is 324 g/mol. The molecule has 0 amide bonds. The highest BCUT2D eigenvalue weighted by molar-refractivity contribution is 6.15. The molecule has 0 saturated carbocycles. The van der Waals surface area contributed by atoms with Gasteiger partial charge in [0.1, 0.15) is 0 Å². The van der Waals surface area contributed by atoms with Gasteiger partial charge >= 0.3 is 11.9 Å². The van der Waals surface area contributed by atoms with Gasteiger partial charge in [-0.05, 0) is 18.6 Å². The number of rotatable bonds is 3. The molecule has 1 aliphatic heterocycles. The van der Waals surface area contributed by atoms with Crippen LogP contribution in [0.4, 0.5) is 15.8 Å². The Morgan fingerprint density at radius 2 is 1.83 bits per heavy atom. The first-order valence-electron chi connectivity index (χ1n) is 6.49. The zero-order valence-electron chi connectivity index (χ0n) is 12.5. The van der Waals surface area contributed by atoms with Crippen LogP contribution in [0.3, 0.4) is 0 Å². The summed E-state index contributed by atoms with van der Waals surface area (Å²) >= 11 is 0. The first-order valence-corrected chi connectivity index (χ1v) is 6.49. The van der Waals surface area contributed by atoms with Crippen molar-refractivity contribution in [1.29, 1.82) is 0 Å². The number of esters is 2. The zero-order valence-corrected chi connectivity index (χ0v) is 12.5. The molecule has 122 valence electrons. The topological polar surface area (TPSA) is 108 Å². The number of aryl methyl sites for hydroxylation is 1. The molecule has 0 unspecified atom stereocenters. The van der Waals surface area contributed by atoms with Gasteiger partial charge in [-0.25, -0.2) is 14.0 Å². The Balaban J connectivity index is 2.37. The van der Waals surface area contributed by atoms with E-state index in [1.807, 2.05) is 0 Å². The third-order valence-corrected chi connectivity index (χ3v) is 2.99. The first kappa shape index (κ1) is 16.4. The Bertz CT molecular complexity index is 719. The number of anilines is 1. The lowest BCUT2D eigenvalue weighted by Crippen LogP contribution is -2.42. The van der Waals surface area contributed by atoms with Gasteiger partial charge in [-0.3, -0.25) is 10.1 Å². The Labute approximate surface area is 130 Å². The average molecular weight is 324 g/mol. The highest BCUT2D eigenvalue weighted by Crippen LogP contribution is 2.30. The predicted molar refractivity (Wildman–Crippen MR) is 75.8 cm³/mol. The molecule has 2 rings (SSSR count). The molecule has 1 aromatic rings. The van der Waals surface area contributed by atoms with Gasteiger partial charge in [0.25, 0.3) is 11.5 Å². The lowest BCUT2D eigenvalue weighted by Gasteiger charge is -2.29. The van der Waals surface area contributed by atoms with E-state index in [0.717, 1.165) is 12.3 Å². The lowest BCUT2D eigenvalue weighted by molar-refractivity contribution is -0.384. The third-order valence-electron chi connectivity index (χ3n) is 2.99. The number of ether oxygens (including phenoxy) is 2. The van der Waals surface area contributed by atoms with Crippen molar-refractivity contribution in [2.24, 2.45) is 0 Å². The minimum atomic E-state index is -1.41. The summed E-state index contributed by atoms with van der Waals surface area (Å²) in [5.74, 6) is -4.23. The minimum Gasteiger partial charge on any atom is -0.419 e. The molecule has 1 aromatic carbocycles. The maximum atomic E-state index is 14.1. The van der Waals surface area contributed by atoms with E-state index in [-0.39, 0.29) is 5.56 Å². The Morgan fingerprint density at radius 3 is 2.35 bits per heavy atom. The van der Waals surface area contributed by atoms with Gasteiger partial charge in [-0.2, -0.15) is 0 Å². The molecule has 8 nitrogen and oxygen atoms in total. The molecule has 0 spiro atoms. The largest absolute Gasteiger partial charge is 0.419 e. The molecule has 0 aromatic heterocycles. The number of nitrogens with zero attached hydrogens (tertiary/aromatic N) is 1. The molecular formula is C14H13FN2O6. The van der Waals surface area contributed by atoms with Gasteiger partial charge in [0, 0.05) is 26.1 Å². The predicted octanol–water partition coefficient (Wildman–Crippen LogP) is 2.17. The van der Waals surface area contributed by atoms with E-state index < -0.39 is 45.4 Å². The number of nitro benzene ring substituents is 1. The summed E-state index contributed by atoms with van der Waals surface area (Å²) < 4.78 is 23.8. The van der Waals surface area contributed by atoms with Crippen LogP contribution >= 0.6 is 0 Å². The number of nitro groups is 1. The summed E-state index contributed by atoms with van der Waals surface area (Å²) in [6.07, 6.45) is 0.824. The van der Waals surface area contributed by atoms with Gasteiger partial charge in [-0.1, -0.05) is 0 Å². The summed E-state index contributed by atoms with van der Waals surface area (Å²) in [4.78, 5) is 33.7. The quantitative estimate of drug-likeness (QED) is 0.298. The van der Waals surface area contributed by atoms with Crippen LogP contribution in [0, 0.1) is 22.9 Å². The summed E-state index contributed by atoms with van der Waals surface area (Å²) in [6, 6.07) is 2.36. The number of carbonyl (C=O) groups is 2. The molecule has 1 heterocycles. The highest BCUT2D eigenvalue weighted by Gasteiger charge is 2.39. The average Bonchev–Trinajstić information content (AvgIpc) is 2.40. The Morgan fingerprint density at radius 1 is 1.26 bits per heavy atom. The van der Waals surface area contributed by atoms with Crippen molar-refractivity contribution >= 4 is 23.3 Å². The number of hydrogen-bond donors (Lipinski definition) is 1. The number of halogens is 1. The summed E-state index contributed by atoms with van der Waals surface area (Å²) in [6.45, 7) is 4.17. The van der Waals surface area contributed by atoms with E-state index in [1.54, 1.807) is 0 Å². The SMILES string of the molecule is Cc1ccc([N+](=O)[O-])c(NC=C2C(=O)OC(C)(C)OC2=O)c1F. The smallest absolute Gasteiger partial charge is 0.350 e. The first-order chi connectivity index (χ1) is 10.6. The molecule has 0 radical (unpaired) electrons. The number of cyclic esters (lactones) is 2. The van der Waals surface area contributed by atoms with Gasteiger partial charge < -0.3 is 14.8 Å². The van der Waals surface area contributed by atoms with Crippen LogP contribution in [0.15, 0.2) is 23.9 Å². The maximum absolute atomic E-state index is 14.1. The Kier molecular flexibility index (Phi) is 4.04. The van der Waals surface area contributed by atoms with E-state index >= 15 is 0 Å². The number of nitrogens with one attached hydrogen (secondary N) is 1. The van der Waals surface area contributed by atoms with Crippen LogP contribution in [-0.4, -0.2) is 22.6 Å². The number of benzene rings is 1. The third kappa shape index (κ3) is 3.28. The Hall–Kier alpha value is -2.97. The van der Waals surface area contributed by atoms with Crippen molar-refractivity contribution in [2.75, 3.05) is 5.32 Å². The van der Waals surface area contributed by atoms with Gasteiger partial charge in [0.15, 0.2) is 17.1 Å². The van der Waals surface area contributed by atoms with Crippen molar-refractivity contribution in [3.8, 4) is 0 Å². The number of carbonyl (C=O) groups excluding carboxylic acids is 2. The van der Waals surface area contributed by atoms with Crippen molar-refractivity contribution < 1.29 is 28.4 Å². The van der Waals surface area contributed by atoms with E-state index in [0.29, 0.717) is 0 Å². The van der Waals surface area contributed by atoms with Gasteiger partial charge in [0.2, 0.25) is 0 Å². The molecule has 23 heavy (non-hydrogen) atoms. The molecule has 1 fully saturated rings. The number of hydrogen-bond acceptors (Lipinski definition) is 7. The normalized spacial score (nSPS) is 16.4. The van der Waals surface area contributed by atoms with Crippen LogP contribution in [-0.2, 0) is 19.1 Å². The maximum Gasteiger partial charge on any atom is 0.350 e. The summed E-state index contributed by atoms with van der Waals surface area (Å²) in [5, 5.41) is 13.2. The highest BCUT2D eigenvalue weighted by atomic mass is 19.1. The molecular weight excluding hydrogens is 311 g/mol. The molecule has 0 aliphatic carbocycles. The van der Waals surface area contributed by atoms with Crippen molar-refractivity contribution in [3.63, 3.8) is 0 Å². The summed E-state index contributed by atoms with van der Waals surface area (Å²) in [7, 11) is 0. The summed E-state index contributed by atoms with van der Waals surface area (Å²) in [5.41, 5.74) is -1.37. The van der Waals surface area contributed by atoms with Gasteiger partial charge in [-0.15, -0.1) is 0 Å². The van der Waals surface area contributed by atoms with Crippen LogP contribution < -0.4 is 5.32 Å². The van der Waals surface area contributed by atoms with Crippen LogP contribution in [0.25, 0.3) is 0 Å². The fourth-order valence-electron chi connectivity index (χ4n) is 1.88. The molecule has 0 atom stereocenters. The van der Waals surface area contributed by atoms with Crippen molar-refractivity contribution in [3.05, 3.63) is 45.4 Å². The van der Waals surface area contributed by atoms with Crippen LogP contribution in [0.2, 0.25) is 0 Å². The molecule has 0 bridgehead atoms. The molecule has 1 saturated heterocycles. The second-order valence-electron chi connectivity index (χ2n) is 5.23. The van der Waals surface area contributed by atoms with E-state index in [4.69, 9.17) is 9.47 Å². The van der Waals surface area contributed by atoms with E-state index in [9.17, 15) is 24.1 Å². The van der Waals surface area contributed by atoms with Crippen LogP contribution in [0.5, 0.6) is 0 Å². The molecule has 9 heteroatoms. The van der Waals surface area contributed by atoms with Gasteiger partial charge in [0.05, 0.1) is 4.92 Å². The second-order valence-corrected chi connectivity index (χ2v) is 5.23.